The molecule has 1 aromatic heterocycles. The Morgan fingerprint density at radius 2 is 1.79 bits per heavy atom. The van der Waals surface area contributed by atoms with Gasteiger partial charge in [-0.2, -0.15) is 4.31 Å². The molecule has 2 heterocycles. The molecular weight excluding hydrogens is 415 g/mol. The third-order valence-electron chi connectivity index (χ3n) is 4.60. The van der Waals surface area contributed by atoms with Gasteiger partial charge in [-0.15, -0.1) is 10.2 Å². The Kier molecular flexibility index (Phi) is 5.68. The summed E-state index contributed by atoms with van der Waals surface area (Å²) in [6, 6.07) is 12.6. The zero-order valence-electron chi connectivity index (χ0n) is 15.7. The first-order valence-electron chi connectivity index (χ1n) is 8.94. The first kappa shape index (κ1) is 20.0. The number of thioether (sulfide) groups is 1. The average Bonchev–Trinajstić information content (AvgIpc) is 3.19. The summed E-state index contributed by atoms with van der Waals surface area (Å²) in [6.07, 6.45) is 1.87. The van der Waals surface area contributed by atoms with Crippen LogP contribution in [-0.2, 0) is 14.8 Å². The summed E-state index contributed by atoms with van der Waals surface area (Å²) in [5, 5.41) is 9.08. The highest BCUT2D eigenvalue weighted by molar-refractivity contribution is 7.98. The zero-order chi connectivity index (χ0) is 20.4. The molecule has 2 aromatic carbocycles. The van der Waals surface area contributed by atoms with Crippen molar-refractivity contribution in [3.05, 3.63) is 54.3 Å². The molecule has 0 unspecified atom stereocenters. The molecule has 7 nitrogen and oxygen atoms in total. The highest BCUT2D eigenvalue weighted by Gasteiger charge is 2.27. The molecule has 0 spiro atoms. The van der Waals surface area contributed by atoms with E-state index in [1.54, 1.807) is 41.0 Å². The predicted molar refractivity (Wildman–Crippen MR) is 108 cm³/mol. The maximum absolute atomic E-state index is 13.4. The Balaban J connectivity index is 1.78. The van der Waals surface area contributed by atoms with Gasteiger partial charge in [-0.05, 0) is 42.7 Å². The van der Waals surface area contributed by atoms with Crippen LogP contribution in [0.4, 0.5) is 4.39 Å². The number of benzene rings is 2. The van der Waals surface area contributed by atoms with Crippen LogP contribution in [0, 0.1) is 5.82 Å². The van der Waals surface area contributed by atoms with Gasteiger partial charge in [-0.25, -0.2) is 12.8 Å². The number of ether oxygens (including phenoxy) is 1. The minimum absolute atomic E-state index is 0.191. The third-order valence-corrected chi connectivity index (χ3v) is 7.12. The fourth-order valence-electron chi connectivity index (χ4n) is 3.14. The van der Waals surface area contributed by atoms with Crippen molar-refractivity contribution in [2.75, 3.05) is 32.6 Å². The molecular formula is C19H19FN4O3S2. The summed E-state index contributed by atoms with van der Waals surface area (Å²) in [4.78, 5) is 0.191. The Bertz CT molecular complexity index is 1110. The molecule has 3 aromatic rings. The monoisotopic (exact) mass is 434 g/mol. The molecule has 1 aliphatic rings. The first-order chi connectivity index (χ1) is 14.0. The van der Waals surface area contributed by atoms with E-state index in [9.17, 15) is 12.8 Å². The lowest BCUT2D eigenvalue weighted by Gasteiger charge is -2.26. The number of hydrogen-bond donors (Lipinski definition) is 0. The Morgan fingerprint density at radius 1 is 1.07 bits per heavy atom. The van der Waals surface area contributed by atoms with E-state index in [1.165, 1.54) is 28.2 Å². The van der Waals surface area contributed by atoms with Gasteiger partial charge in [-0.1, -0.05) is 23.9 Å². The first-order valence-corrected chi connectivity index (χ1v) is 11.6. The quantitative estimate of drug-likeness (QED) is 0.575. The molecule has 10 heteroatoms. The van der Waals surface area contributed by atoms with E-state index < -0.39 is 10.0 Å². The number of halogens is 1. The predicted octanol–water partition coefficient (Wildman–Crippen LogP) is 2.82. The van der Waals surface area contributed by atoms with E-state index in [0.717, 1.165) is 0 Å². The van der Waals surface area contributed by atoms with Crippen molar-refractivity contribution in [3.8, 4) is 17.1 Å². The molecule has 0 aliphatic carbocycles. The van der Waals surface area contributed by atoms with E-state index >= 15 is 0 Å². The third kappa shape index (κ3) is 3.93. The lowest BCUT2D eigenvalue weighted by Crippen LogP contribution is -2.40. The normalized spacial score (nSPS) is 15.5. The highest BCUT2D eigenvalue weighted by atomic mass is 32.2. The average molecular weight is 435 g/mol. The minimum Gasteiger partial charge on any atom is -0.379 e. The molecule has 0 N–H and O–H groups in total. The zero-order valence-corrected chi connectivity index (χ0v) is 17.3. The maximum Gasteiger partial charge on any atom is 0.243 e. The van der Waals surface area contributed by atoms with Gasteiger partial charge in [-0.3, -0.25) is 4.57 Å². The molecule has 0 amide bonds. The summed E-state index contributed by atoms with van der Waals surface area (Å²) < 4.78 is 47.8. The molecule has 1 fully saturated rings. The molecule has 1 saturated heterocycles. The summed E-state index contributed by atoms with van der Waals surface area (Å²) >= 11 is 1.40. The summed E-state index contributed by atoms with van der Waals surface area (Å²) in [6.45, 7) is 1.42. The highest BCUT2D eigenvalue weighted by Crippen LogP contribution is 2.29. The van der Waals surface area contributed by atoms with Gasteiger partial charge in [0.25, 0.3) is 0 Å². The molecule has 1 aliphatic heterocycles. The van der Waals surface area contributed by atoms with Crippen LogP contribution < -0.4 is 0 Å². The molecule has 29 heavy (non-hydrogen) atoms. The van der Waals surface area contributed by atoms with Gasteiger partial charge in [0.1, 0.15) is 5.82 Å². The Labute approximate surface area is 172 Å². The fraction of sp³-hybridized carbons (Fsp3) is 0.263. The molecule has 0 saturated carbocycles. The molecule has 152 valence electrons. The molecule has 4 rings (SSSR count). The topological polar surface area (TPSA) is 77.3 Å². The molecule has 0 radical (unpaired) electrons. The van der Waals surface area contributed by atoms with Crippen LogP contribution in [0.25, 0.3) is 17.1 Å². The van der Waals surface area contributed by atoms with Crippen LogP contribution in [0.15, 0.2) is 58.6 Å². The standard InChI is InChI=1S/C19H19FN4O3S2/c1-28-19-22-21-18(24(19)16-7-5-15(20)6-8-16)14-3-2-4-17(13-14)29(25,26)23-9-11-27-12-10-23/h2-8,13H,9-12H2,1H3. The number of rotatable bonds is 5. The van der Waals surface area contributed by atoms with Gasteiger partial charge in [0, 0.05) is 24.3 Å². The second-order valence-electron chi connectivity index (χ2n) is 6.37. The summed E-state index contributed by atoms with van der Waals surface area (Å²) in [7, 11) is -3.63. The van der Waals surface area contributed by atoms with Crippen molar-refractivity contribution in [3.63, 3.8) is 0 Å². The molecule has 0 bridgehead atoms. The lowest BCUT2D eigenvalue weighted by molar-refractivity contribution is 0.0730. The number of morpholine rings is 1. The van der Waals surface area contributed by atoms with Gasteiger partial charge in [0.2, 0.25) is 10.0 Å². The largest absolute Gasteiger partial charge is 0.379 e. The summed E-state index contributed by atoms with van der Waals surface area (Å²) in [5.41, 5.74) is 1.30. The van der Waals surface area contributed by atoms with Crippen LogP contribution in [0.3, 0.4) is 0 Å². The van der Waals surface area contributed by atoms with Crippen LogP contribution in [0.2, 0.25) is 0 Å². The van der Waals surface area contributed by atoms with Crippen molar-refractivity contribution in [1.82, 2.24) is 19.1 Å². The smallest absolute Gasteiger partial charge is 0.243 e. The Hall–Kier alpha value is -2.27. The fourth-order valence-corrected chi connectivity index (χ4v) is 5.09. The number of nitrogens with zero attached hydrogens (tertiary/aromatic N) is 4. The second-order valence-corrected chi connectivity index (χ2v) is 9.08. The second kappa shape index (κ2) is 8.23. The van der Waals surface area contributed by atoms with E-state index in [0.29, 0.717) is 48.5 Å². The van der Waals surface area contributed by atoms with Crippen molar-refractivity contribution in [2.24, 2.45) is 0 Å². The van der Waals surface area contributed by atoms with Crippen molar-refractivity contribution in [1.29, 1.82) is 0 Å². The number of hydrogen-bond acceptors (Lipinski definition) is 6. The molecule has 0 atom stereocenters. The van der Waals surface area contributed by atoms with E-state index in [4.69, 9.17) is 4.74 Å². The van der Waals surface area contributed by atoms with Crippen LogP contribution in [0.5, 0.6) is 0 Å². The Morgan fingerprint density at radius 3 is 2.48 bits per heavy atom. The SMILES string of the molecule is CSc1nnc(-c2cccc(S(=O)(=O)N3CCOCC3)c2)n1-c1ccc(F)cc1. The number of aromatic nitrogens is 3. The van der Waals surface area contributed by atoms with Crippen LogP contribution >= 0.6 is 11.8 Å². The van der Waals surface area contributed by atoms with Gasteiger partial charge in [0.15, 0.2) is 11.0 Å². The van der Waals surface area contributed by atoms with E-state index in [2.05, 4.69) is 10.2 Å². The lowest BCUT2D eigenvalue weighted by atomic mass is 10.2. The van der Waals surface area contributed by atoms with E-state index in [1.807, 2.05) is 6.26 Å². The maximum atomic E-state index is 13.4. The van der Waals surface area contributed by atoms with Crippen LogP contribution in [-0.4, -0.2) is 60.0 Å². The number of sulfonamides is 1. The van der Waals surface area contributed by atoms with Gasteiger partial charge in [0.05, 0.1) is 18.1 Å². The summed E-state index contributed by atoms with van der Waals surface area (Å²) in [5.74, 6) is 0.146. The minimum atomic E-state index is -3.63. The van der Waals surface area contributed by atoms with Crippen molar-refractivity contribution >= 4 is 21.8 Å². The van der Waals surface area contributed by atoms with Crippen LogP contribution in [0.1, 0.15) is 0 Å². The van der Waals surface area contributed by atoms with Crippen molar-refractivity contribution < 1.29 is 17.5 Å². The van der Waals surface area contributed by atoms with Gasteiger partial charge >= 0.3 is 0 Å². The van der Waals surface area contributed by atoms with E-state index in [-0.39, 0.29) is 10.7 Å². The van der Waals surface area contributed by atoms with Crippen molar-refractivity contribution in [2.45, 2.75) is 10.1 Å². The van der Waals surface area contributed by atoms with Gasteiger partial charge < -0.3 is 4.74 Å².